The maximum atomic E-state index is 11.0. The third-order valence-electron chi connectivity index (χ3n) is 5.90. The zero-order valence-corrected chi connectivity index (χ0v) is 18.7. The molecule has 0 N–H and O–H groups in total. The van der Waals surface area contributed by atoms with Gasteiger partial charge in [0.25, 0.3) is 0 Å². The Bertz CT molecular complexity index is 842. The van der Waals surface area contributed by atoms with Crippen molar-refractivity contribution in [1.29, 1.82) is 0 Å². The number of benzene rings is 2. The summed E-state index contributed by atoms with van der Waals surface area (Å²) < 4.78 is 23.2. The number of hydrogen-bond acceptors (Lipinski definition) is 5. The van der Waals surface area contributed by atoms with Crippen molar-refractivity contribution in [2.24, 2.45) is 0 Å². The maximum absolute atomic E-state index is 11.0. The summed E-state index contributed by atoms with van der Waals surface area (Å²) in [5.41, 5.74) is 2.48. The Morgan fingerprint density at radius 1 is 0.967 bits per heavy atom. The first-order chi connectivity index (χ1) is 14.1. The molecule has 0 radical (unpaired) electrons. The van der Waals surface area contributed by atoms with E-state index >= 15 is 0 Å². The molecule has 5 nitrogen and oxygen atoms in total. The molecular weight excluding hydrogens is 379 g/mol. The topological polar surface area (TPSA) is 54.0 Å². The molecule has 1 atom stereocenters. The van der Waals surface area contributed by atoms with Gasteiger partial charge in [0.2, 0.25) is 0 Å². The standard InChI is InChI=1S/C24H31BO5/c1-17(15-27-18(2)26)20-9-7-19(8-10-20)16-28-22-13-11-21(12-14-22)25-29-23(3,4)24(5,6)30-25/h7-14,17H,15-16H2,1-6H3. The van der Waals surface area contributed by atoms with Gasteiger partial charge >= 0.3 is 13.1 Å². The van der Waals surface area contributed by atoms with Crippen molar-refractivity contribution in [1.82, 2.24) is 0 Å². The number of esters is 1. The van der Waals surface area contributed by atoms with Crippen LogP contribution in [0.3, 0.4) is 0 Å². The van der Waals surface area contributed by atoms with E-state index in [1.54, 1.807) is 0 Å². The lowest BCUT2D eigenvalue weighted by Crippen LogP contribution is -2.41. The number of carbonyl (C=O) groups excluding carboxylic acids is 1. The SMILES string of the molecule is CC(=O)OCC(C)c1ccc(COc2ccc(B3OC(C)(C)C(C)(C)O3)cc2)cc1. The summed E-state index contributed by atoms with van der Waals surface area (Å²) in [5.74, 6) is 0.699. The van der Waals surface area contributed by atoms with Gasteiger partial charge in [-0.3, -0.25) is 4.79 Å². The highest BCUT2D eigenvalue weighted by atomic mass is 16.7. The fourth-order valence-corrected chi connectivity index (χ4v) is 3.15. The Labute approximate surface area is 179 Å². The van der Waals surface area contributed by atoms with E-state index < -0.39 is 0 Å². The molecule has 3 rings (SSSR count). The smallest absolute Gasteiger partial charge is 0.489 e. The predicted molar refractivity (Wildman–Crippen MR) is 118 cm³/mol. The molecule has 0 bridgehead atoms. The van der Waals surface area contributed by atoms with Crippen molar-refractivity contribution in [2.75, 3.05) is 6.61 Å². The largest absolute Gasteiger partial charge is 0.494 e. The molecule has 1 fully saturated rings. The monoisotopic (exact) mass is 410 g/mol. The van der Waals surface area contributed by atoms with Crippen LogP contribution >= 0.6 is 0 Å². The summed E-state index contributed by atoms with van der Waals surface area (Å²) in [6, 6.07) is 16.0. The average Bonchev–Trinajstić information content (AvgIpc) is 2.92. The normalized spacial score (nSPS) is 18.1. The molecule has 1 heterocycles. The van der Waals surface area contributed by atoms with E-state index in [2.05, 4.69) is 0 Å². The average molecular weight is 410 g/mol. The lowest BCUT2D eigenvalue weighted by Gasteiger charge is -2.32. The lowest BCUT2D eigenvalue weighted by molar-refractivity contribution is -0.141. The van der Waals surface area contributed by atoms with Gasteiger partial charge < -0.3 is 18.8 Å². The van der Waals surface area contributed by atoms with E-state index in [1.165, 1.54) is 6.92 Å². The zero-order valence-electron chi connectivity index (χ0n) is 18.7. The molecule has 2 aromatic carbocycles. The van der Waals surface area contributed by atoms with Gasteiger partial charge in [-0.05, 0) is 56.4 Å². The molecule has 0 aromatic heterocycles. The van der Waals surface area contributed by atoms with Crippen LogP contribution < -0.4 is 10.2 Å². The number of rotatable bonds is 7. The molecule has 0 aliphatic carbocycles. The van der Waals surface area contributed by atoms with Gasteiger partial charge in [0, 0.05) is 12.8 Å². The zero-order chi connectivity index (χ0) is 21.9. The van der Waals surface area contributed by atoms with E-state index in [1.807, 2.05) is 83.1 Å². The van der Waals surface area contributed by atoms with Gasteiger partial charge in [0.15, 0.2) is 0 Å². The maximum Gasteiger partial charge on any atom is 0.494 e. The lowest BCUT2D eigenvalue weighted by atomic mass is 9.79. The molecule has 0 saturated carbocycles. The van der Waals surface area contributed by atoms with Crippen molar-refractivity contribution in [3.05, 3.63) is 59.7 Å². The molecule has 30 heavy (non-hydrogen) atoms. The van der Waals surface area contributed by atoms with Gasteiger partial charge in [-0.1, -0.05) is 43.3 Å². The van der Waals surface area contributed by atoms with Crippen LogP contribution in [0.15, 0.2) is 48.5 Å². The van der Waals surface area contributed by atoms with Gasteiger partial charge in [0.1, 0.15) is 12.4 Å². The van der Waals surface area contributed by atoms with Gasteiger partial charge in [-0.25, -0.2) is 0 Å². The van der Waals surface area contributed by atoms with Gasteiger partial charge in [-0.2, -0.15) is 0 Å². The van der Waals surface area contributed by atoms with Gasteiger partial charge in [-0.15, -0.1) is 0 Å². The summed E-state index contributed by atoms with van der Waals surface area (Å²) >= 11 is 0. The Morgan fingerprint density at radius 3 is 2.07 bits per heavy atom. The molecule has 2 aromatic rings. The highest BCUT2D eigenvalue weighted by Gasteiger charge is 2.51. The number of ether oxygens (including phenoxy) is 2. The number of carbonyl (C=O) groups is 1. The van der Waals surface area contributed by atoms with Crippen LogP contribution in [0.5, 0.6) is 5.75 Å². The predicted octanol–water partition coefficient (Wildman–Crippen LogP) is 4.23. The third kappa shape index (κ3) is 5.24. The summed E-state index contributed by atoms with van der Waals surface area (Å²) in [4.78, 5) is 11.0. The second-order valence-corrected chi connectivity index (χ2v) is 8.89. The van der Waals surface area contributed by atoms with E-state index in [0.29, 0.717) is 13.2 Å². The second kappa shape index (κ2) is 8.82. The van der Waals surface area contributed by atoms with E-state index in [9.17, 15) is 4.79 Å². The second-order valence-electron chi connectivity index (χ2n) is 8.89. The summed E-state index contributed by atoms with van der Waals surface area (Å²) in [7, 11) is -0.370. The van der Waals surface area contributed by atoms with Crippen molar-refractivity contribution in [2.45, 2.75) is 65.3 Å². The first-order valence-corrected chi connectivity index (χ1v) is 10.4. The van der Waals surface area contributed by atoms with E-state index in [0.717, 1.165) is 22.3 Å². The van der Waals surface area contributed by atoms with Crippen LogP contribution in [0.25, 0.3) is 0 Å². The minimum Gasteiger partial charge on any atom is -0.489 e. The van der Waals surface area contributed by atoms with Crippen molar-refractivity contribution in [3.8, 4) is 5.75 Å². The van der Waals surface area contributed by atoms with Crippen LogP contribution in [-0.2, 0) is 25.4 Å². The summed E-state index contributed by atoms with van der Waals surface area (Å²) in [6.45, 7) is 12.5. The van der Waals surface area contributed by atoms with Crippen molar-refractivity contribution >= 4 is 18.6 Å². The summed E-state index contributed by atoms with van der Waals surface area (Å²) in [6.07, 6.45) is 0. The van der Waals surface area contributed by atoms with Crippen LogP contribution in [0, 0.1) is 0 Å². The first-order valence-electron chi connectivity index (χ1n) is 10.4. The van der Waals surface area contributed by atoms with Gasteiger partial charge in [0.05, 0.1) is 17.8 Å². The molecule has 1 saturated heterocycles. The van der Waals surface area contributed by atoms with Crippen LogP contribution in [0.4, 0.5) is 0 Å². The Balaban J connectivity index is 1.54. The molecule has 1 unspecified atom stereocenters. The van der Waals surface area contributed by atoms with Crippen molar-refractivity contribution in [3.63, 3.8) is 0 Å². The molecule has 0 amide bonds. The molecule has 1 aliphatic heterocycles. The van der Waals surface area contributed by atoms with E-state index in [4.69, 9.17) is 18.8 Å². The minimum atomic E-state index is -0.370. The van der Waals surface area contributed by atoms with Crippen LogP contribution in [0.1, 0.15) is 58.6 Å². The number of hydrogen-bond donors (Lipinski definition) is 0. The van der Waals surface area contributed by atoms with Crippen LogP contribution in [-0.4, -0.2) is 30.9 Å². The third-order valence-corrected chi connectivity index (χ3v) is 5.90. The minimum absolute atomic E-state index is 0.159. The molecule has 1 aliphatic rings. The van der Waals surface area contributed by atoms with Crippen LogP contribution in [0.2, 0.25) is 0 Å². The fraction of sp³-hybridized carbons (Fsp3) is 0.458. The van der Waals surface area contributed by atoms with E-state index in [-0.39, 0.29) is 30.2 Å². The molecule has 6 heteroatoms. The molecule has 160 valence electrons. The summed E-state index contributed by atoms with van der Waals surface area (Å²) in [5, 5.41) is 0. The highest BCUT2D eigenvalue weighted by molar-refractivity contribution is 6.62. The Morgan fingerprint density at radius 2 is 1.53 bits per heavy atom. The Kier molecular flexibility index (Phi) is 6.58. The van der Waals surface area contributed by atoms with Crippen molar-refractivity contribution < 1.29 is 23.6 Å². The Hall–Kier alpha value is -2.31. The molecular formula is C24H31BO5. The fourth-order valence-electron chi connectivity index (χ4n) is 3.15. The highest BCUT2D eigenvalue weighted by Crippen LogP contribution is 2.36. The first kappa shape index (κ1) is 22.4. The quantitative estimate of drug-likeness (QED) is 0.505. The molecule has 0 spiro atoms.